The largest absolute Gasteiger partial charge is 0.417 e. The third-order valence-electron chi connectivity index (χ3n) is 2.95. The SMILES string of the molecule is CC(O)C1CC=CN1c1ncc(C(F)(F)F)cc1Cl. The molecule has 0 aliphatic carbocycles. The summed E-state index contributed by atoms with van der Waals surface area (Å²) in [4.78, 5) is 5.36. The highest BCUT2D eigenvalue weighted by molar-refractivity contribution is 6.33. The number of hydrogen-bond acceptors (Lipinski definition) is 3. The van der Waals surface area contributed by atoms with Crippen molar-refractivity contribution < 1.29 is 18.3 Å². The minimum absolute atomic E-state index is 0.0907. The first-order chi connectivity index (χ1) is 8.80. The first-order valence-electron chi connectivity index (χ1n) is 5.66. The van der Waals surface area contributed by atoms with Gasteiger partial charge in [0.05, 0.1) is 22.7 Å². The summed E-state index contributed by atoms with van der Waals surface area (Å²) < 4.78 is 37.5. The minimum Gasteiger partial charge on any atom is -0.391 e. The van der Waals surface area contributed by atoms with E-state index in [1.807, 2.05) is 6.08 Å². The normalized spacial score (nSPS) is 20.9. The van der Waals surface area contributed by atoms with Crippen LogP contribution in [0, 0.1) is 0 Å². The highest BCUT2D eigenvalue weighted by Gasteiger charge is 2.33. The molecule has 0 bridgehead atoms. The van der Waals surface area contributed by atoms with Gasteiger partial charge in [-0.2, -0.15) is 13.2 Å². The standard InChI is InChI=1S/C12H12ClF3N2O/c1-7(19)10-3-2-4-18(10)11-9(13)5-8(6-17-11)12(14,15)16/h2,4-7,10,19H,3H2,1H3. The molecule has 1 aromatic rings. The van der Waals surface area contributed by atoms with Crippen molar-refractivity contribution in [2.75, 3.05) is 4.90 Å². The van der Waals surface area contributed by atoms with E-state index in [4.69, 9.17) is 11.6 Å². The lowest BCUT2D eigenvalue weighted by atomic mass is 10.1. The van der Waals surface area contributed by atoms with Crippen molar-refractivity contribution in [1.82, 2.24) is 4.98 Å². The van der Waals surface area contributed by atoms with Crippen molar-refractivity contribution in [1.29, 1.82) is 0 Å². The zero-order valence-corrected chi connectivity index (χ0v) is 10.8. The quantitative estimate of drug-likeness (QED) is 0.909. The number of rotatable bonds is 2. The second-order valence-electron chi connectivity index (χ2n) is 4.36. The lowest BCUT2D eigenvalue weighted by Crippen LogP contribution is -2.36. The molecule has 0 fully saturated rings. The Morgan fingerprint density at radius 2 is 2.21 bits per heavy atom. The molecule has 1 aliphatic heterocycles. The van der Waals surface area contributed by atoms with Crippen LogP contribution in [0.3, 0.4) is 0 Å². The van der Waals surface area contributed by atoms with Crippen molar-refractivity contribution in [2.24, 2.45) is 0 Å². The van der Waals surface area contributed by atoms with Crippen LogP contribution in [0.2, 0.25) is 5.02 Å². The summed E-state index contributed by atoms with van der Waals surface area (Å²) in [6.45, 7) is 1.61. The maximum absolute atomic E-state index is 12.5. The van der Waals surface area contributed by atoms with Crippen molar-refractivity contribution in [3.8, 4) is 0 Å². The highest BCUT2D eigenvalue weighted by Crippen LogP contribution is 2.35. The number of aromatic nitrogens is 1. The maximum Gasteiger partial charge on any atom is 0.417 e. The zero-order chi connectivity index (χ0) is 14.2. The monoisotopic (exact) mass is 292 g/mol. The minimum atomic E-state index is -4.47. The van der Waals surface area contributed by atoms with Crippen LogP contribution < -0.4 is 4.90 Å². The van der Waals surface area contributed by atoms with Gasteiger partial charge in [0.25, 0.3) is 0 Å². The Morgan fingerprint density at radius 1 is 1.53 bits per heavy atom. The summed E-state index contributed by atoms with van der Waals surface area (Å²) in [5.74, 6) is 0.217. The van der Waals surface area contributed by atoms with Crippen LogP contribution >= 0.6 is 11.6 Å². The number of alkyl halides is 3. The number of aliphatic hydroxyl groups excluding tert-OH is 1. The number of hydrogen-bond donors (Lipinski definition) is 1. The van der Waals surface area contributed by atoms with Gasteiger partial charge in [0.1, 0.15) is 0 Å². The van der Waals surface area contributed by atoms with Crippen LogP contribution in [-0.4, -0.2) is 22.2 Å². The van der Waals surface area contributed by atoms with Crippen LogP contribution in [0.4, 0.5) is 19.0 Å². The first kappa shape index (κ1) is 14.1. The second-order valence-corrected chi connectivity index (χ2v) is 4.77. The number of anilines is 1. The summed E-state index contributed by atoms with van der Waals surface area (Å²) in [5.41, 5.74) is -0.891. The number of nitrogens with zero attached hydrogens (tertiary/aromatic N) is 2. The fourth-order valence-corrected chi connectivity index (χ4v) is 2.23. The van der Waals surface area contributed by atoms with E-state index in [-0.39, 0.29) is 16.9 Å². The van der Waals surface area contributed by atoms with Gasteiger partial charge in [0.15, 0.2) is 5.82 Å². The van der Waals surface area contributed by atoms with E-state index in [0.717, 1.165) is 12.3 Å². The molecule has 2 heterocycles. The average molecular weight is 293 g/mol. The van der Waals surface area contributed by atoms with E-state index in [9.17, 15) is 18.3 Å². The zero-order valence-electron chi connectivity index (χ0n) is 10.0. The molecule has 0 spiro atoms. The van der Waals surface area contributed by atoms with Gasteiger partial charge in [-0.05, 0) is 19.4 Å². The van der Waals surface area contributed by atoms with Crippen LogP contribution in [-0.2, 0) is 6.18 Å². The summed E-state index contributed by atoms with van der Waals surface area (Å²) >= 11 is 5.87. The van der Waals surface area contributed by atoms with Crippen molar-refractivity contribution in [3.63, 3.8) is 0 Å². The Morgan fingerprint density at radius 3 is 2.74 bits per heavy atom. The Balaban J connectivity index is 2.34. The van der Waals surface area contributed by atoms with Crippen molar-refractivity contribution in [2.45, 2.75) is 31.7 Å². The van der Waals surface area contributed by atoms with Gasteiger partial charge in [-0.3, -0.25) is 0 Å². The van der Waals surface area contributed by atoms with E-state index >= 15 is 0 Å². The molecular weight excluding hydrogens is 281 g/mol. The second kappa shape index (κ2) is 5.02. The molecule has 0 radical (unpaired) electrons. The lowest BCUT2D eigenvalue weighted by Gasteiger charge is -2.27. The molecule has 1 aliphatic rings. The van der Waals surface area contributed by atoms with Gasteiger partial charge >= 0.3 is 6.18 Å². The van der Waals surface area contributed by atoms with Crippen LogP contribution in [0.25, 0.3) is 0 Å². The van der Waals surface area contributed by atoms with Gasteiger partial charge in [0, 0.05) is 12.4 Å². The van der Waals surface area contributed by atoms with Gasteiger partial charge in [-0.15, -0.1) is 0 Å². The van der Waals surface area contributed by atoms with Crippen LogP contribution in [0.15, 0.2) is 24.5 Å². The molecule has 19 heavy (non-hydrogen) atoms. The predicted molar refractivity (Wildman–Crippen MR) is 66.0 cm³/mol. The smallest absolute Gasteiger partial charge is 0.391 e. The summed E-state index contributed by atoms with van der Waals surface area (Å²) in [6.07, 6.45) is -0.301. The number of halogens is 4. The molecule has 0 amide bonds. The lowest BCUT2D eigenvalue weighted by molar-refractivity contribution is -0.137. The summed E-state index contributed by atoms with van der Waals surface area (Å²) in [5, 5.41) is 9.54. The van der Waals surface area contributed by atoms with E-state index in [1.54, 1.807) is 18.0 Å². The molecule has 2 atom stereocenters. The molecule has 7 heteroatoms. The molecule has 0 saturated carbocycles. The highest BCUT2D eigenvalue weighted by atomic mass is 35.5. The van der Waals surface area contributed by atoms with E-state index in [1.165, 1.54) is 0 Å². The molecule has 3 nitrogen and oxygen atoms in total. The third-order valence-corrected chi connectivity index (χ3v) is 3.23. The Hall–Kier alpha value is -1.27. The molecule has 0 saturated heterocycles. The van der Waals surface area contributed by atoms with Crippen LogP contribution in [0.5, 0.6) is 0 Å². The molecule has 1 aromatic heterocycles. The van der Waals surface area contributed by atoms with Crippen LogP contribution in [0.1, 0.15) is 18.9 Å². The van der Waals surface area contributed by atoms with Gasteiger partial charge in [-0.1, -0.05) is 17.7 Å². The van der Waals surface area contributed by atoms with Gasteiger partial charge < -0.3 is 10.0 Å². The number of pyridine rings is 1. The van der Waals surface area contributed by atoms with E-state index in [0.29, 0.717) is 6.42 Å². The molecule has 104 valence electrons. The number of aliphatic hydroxyl groups is 1. The molecule has 1 N–H and O–H groups in total. The summed E-state index contributed by atoms with van der Waals surface area (Å²) in [7, 11) is 0. The predicted octanol–water partition coefficient (Wildman–Crippen LogP) is 3.23. The molecule has 2 rings (SSSR count). The fraction of sp³-hybridized carbons (Fsp3) is 0.417. The third kappa shape index (κ3) is 2.84. The Bertz CT molecular complexity index is 502. The van der Waals surface area contributed by atoms with Crippen molar-refractivity contribution in [3.05, 3.63) is 35.1 Å². The molecule has 0 aromatic carbocycles. The van der Waals surface area contributed by atoms with Gasteiger partial charge in [-0.25, -0.2) is 4.98 Å². The topological polar surface area (TPSA) is 36.4 Å². The Kier molecular flexibility index (Phi) is 3.73. The maximum atomic E-state index is 12.5. The fourth-order valence-electron chi connectivity index (χ4n) is 1.97. The van der Waals surface area contributed by atoms with Crippen molar-refractivity contribution >= 4 is 17.4 Å². The average Bonchev–Trinajstić information content (AvgIpc) is 2.76. The van der Waals surface area contributed by atoms with E-state index < -0.39 is 17.8 Å². The van der Waals surface area contributed by atoms with E-state index in [2.05, 4.69) is 4.98 Å². The molecular formula is C12H12ClF3N2O. The molecule has 2 unspecified atom stereocenters. The Labute approximate surface area is 113 Å². The van der Waals surface area contributed by atoms with Gasteiger partial charge in [0.2, 0.25) is 0 Å². The first-order valence-corrected chi connectivity index (χ1v) is 6.04. The summed E-state index contributed by atoms with van der Waals surface area (Å²) in [6, 6.07) is 0.580.